The molecule has 7 aromatic rings. The lowest BCUT2D eigenvalue weighted by molar-refractivity contribution is 0.445. The van der Waals surface area contributed by atoms with E-state index in [-0.39, 0.29) is 0 Å². The molecule has 43 heavy (non-hydrogen) atoms. The highest BCUT2D eigenvalue weighted by Crippen LogP contribution is 2.46. The number of rotatable bonds is 4. The van der Waals surface area contributed by atoms with E-state index in [9.17, 15) is 0 Å². The Morgan fingerprint density at radius 2 is 1.12 bits per heavy atom. The number of aryl methyl sites for hydroxylation is 1. The van der Waals surface area contributed by atoms with Crippen LogP contribution in [0.25, 0.3) is 65.8 Å². The van der Waals surface area contributed by atoms with Crippen molar-refractivity contribution in [2.45, 2.75) is 44.9 Å². The first-order valence-electron chi connectivity index (χ1n) is 15.8. The second kappa shape index (κ2) is 10.8. The van der Waals surface area contributed by atoms with Crippen LogP contribution in [-0.4, -0.2) is 4.98 Å². The number of hydrogen-bond donors (Lipinski definition) is 0. The third-order valence-corrected chi connectivity index (χ3v) is 9.56. The molecule has 0 N–H and O–H groups in total. The molecule has 0 bridgehead atoms. The normalized spacial score (nSPS) is 14.1. The van der Waals surface area contributed by atoms with Crippen LogP contribution in [-0.2, 0) is 0 Å². The maximum atomic E-state index is 4.69. The summed E-state index contributed by atoms with van der Waals surface area (Å²) in [6.07, 6.45) is 8.58. The summed E-state index contributed by atoms with van der Waals surface area (Å²) in [5.74, 6) is 0.665. The first-order valence-corrected chi connectivity index (χ1v) is 15.8. The standard InChI is InChI=1S/C42H35N/c1-28-24-25-43-40(26-28)30-14-9-15-31(27-30)41-36-16-5-7-18-38(36)42(39-19-8-6-17-37(39)41)35-23-11-21-33-32(20-10-22-34(33)35)29-12-3-2-4-13-29/h5-11,14-27,29H,2-4,12-13H2,1H3. The van der Waals surface area contributed by atoms with Gasteiger partial charge in [-0.05, 0) is 110 Å². The van der Waals surface area contributed by atoms with Crippen molar-refractivity contribution in [1.29, 1.82) is 0 Å². The number of benzene rings is 6. The van der Waals surface area contributed by atoms with Crippen molar-refractivity contribution in [3.8, 4) is 33.5 Å². The molecule has 0 saturated heterocycles. The molecule has 0 amide bonds. The minimum absolute atomic E-state index is 0.665. The van der Waals surface area contributed by atoms with Gasteiger partial charge in [0.05, 0.1) is 5.69 Å². The van der Waals surface area contributed by atoms with Crippen LogP contribution in [0.4, 0.5) is 0 Å². The summed E-state index contributed by atoms with van der Waals surface area (Å²) >= 11 is 0. The zero-order chi connectivity index (χ0) is 28.8. The highest BCUT2D eigenvalue weighted by molar-refractivity contribution is 6.23. The van der Waals surface area contributed by atoms with Crippen LogP contribution < -0.4 is 0 Å². The van der Waals surface area contributed by atoms with Gasteiger partial charge >= 0.3 is 0 Å². The third-order valence-electron chi connectivity index (χ3n) is 9.56. The highest BCUT2D eigenvalue weighted by atomic mass is 14.7. The van der Waals surface area contributed by atoms with E-state index in [1.54, 1.807) is 0 Å². The monoisotopic (exact) mass is 553 g/mol. The van der Waals surface area contributed by atoms with Gasteiger partial charge in [-0.3, -0.25) is 4.98 Å². The lowest BCUT2D eigenvalue weighted by Gasteiger charge is -2.24. The topological polar surface area (TPSA) is 12.9 Å². The van der Waals surface area contributed by atoms with E-state index in [1.807, 2.05) is 6.20 Å². The molecule has 1 saturated carbocycles. The van der Waals surface area contributed by atoms with Gasteiger partial charge in [-0.2, -0.15) is 0 Å². The molecule has 1 nitrogen and oxygen atoms in total. The van der Waals surface area contributed by atoms with Crippen LogP contribution >= 0.6 is 0 Å². The Morgan fingerprint density at radius 3 is 1.84 bits per heavy atom. The molecule has 0 unspecified atom stereocenters. The fourth-order valence-electron chi connectivity index (χ4n) is 7.58. The lowest BCUT2D eigenvalue weighted by atomic mass is 9.80. The van der Waals surface area contributed by atoms with Crippen molar-refractivity contribution < 1.29 is 0 Å². The molecule has 1 aromatic heterocycles. The Balaban J connectivity index is 1.40. The lowest BCUT2D eigenvalue weighted by Crippen LogP contribution is -2.05. The van der Waals surface area contributed by atoms with Gasteiger partial charge in [0.25, 0.3) is 0 Å². The summed E-state index contributed by atoms with van der Waals surface area (Å²) in [4.78, 5) is 4.69. The number of hydrogen-bond acceptors (Lipinski definition) is 1. The zero-order valence-corrected chi connectivity index (χ0v) is 24.7. The first kappa shape index (κ1) is 25.9. The van der Waals surface area contributed by atoms with Gasteiger partial charge in [0.1, 0.15) is 0 Å². The summed E-state index contributed by atoms with van der Waals surface area (Å²) in [6, 6.07) is 45.1. The SMILES string of the molecule is Cc1ccnc(-c2cccc(-c3c4ccccc4c(-c4cccc5c(C6CCCCC6)cccc45)c4ccccc34)c2)c1. The van der Waals surface area contributed by atoms with E-state index < -0.39 is 0 Å². The van der Waals surface area contributed by atoms with Gasteiger partial charge in [-0.15, -0.1) is 0 Å². The maximum absolute atomic E-state index is 4.69. The molecule has 1 heterocycles. The van der Waals surface area contributed by atoms with Gasteiger partial charge in [0.15, 0.2) is 0 Å². The van der Waals surface area contributed by atoms with Gasteiger partial charge in [-0.1, -0.05) is 122 Å². The van der Waals surface area contributed by atoms with Crippen molar-refractivity contribution in [3.63, 3.8) is 0 Å². The predicted octanol–water partition coefficient (Wildman–Crippen LogP) is 11.9. The fourth-order valence-corrected chi connectivity index (χ4v) is 7.58. The van der Waals surface area contributed by atoms with E-state index in [0.717, 1.165) is 11.3 Å². The Morgan fingerprint density at radius 1 is 0.512 bits per heavy atom. The molecule has 1 fully saturated rings. The van der Waals surface area contributed by atoms with Crippen LogP contribution in [0.1, 0.15) is 49.1 Å². The fraction of sp³-hybridized carbons (Fsp3) is 0.167. The van der Waals surface area contributed by atoms with E-state index in [4.69, 9.17) is 4.98 Å². The van der Waals surface area contributed by atoms with Crippen molar-refractivity contribution in [1.82, 2.24) is 4.98 Å². The summed E-state index contributed by atoms with van der Waals surface area (Å²) in [6.45, 7) is 2.13. The number of fused-ring (bicyclic) bond motifs is 3. The molecule has 8 rings (SSSR count). The van der Waals surface area contributed by atoms with Gasteiger partial charge < -0.3 is 0 Å². The van der Waals surface area contributed by atoms with Crippen LogP contribution in [0.5, 0.6) is 0 Å². The van der Waals surface area contributed by atoms with Crippen molar-refractivity contribution in [2.75, 3.05) is 0 Å². The predicted molar refractivity (Wildman–Crippen MR) is 184 cm³/mol. The van der Waals surface area contributed by atoms with Gasteiger partial charge in [-0.25, -0.2) is 0 Å². The largest absolute Gasteiger partial charge is 0.256 e. The van der Waals surface area contributed by atoms with Crippen molar-refractivity contribution in [3.05, 3.63) is 139 Å². The van der Waals surface area contributed by atoms with E-state index in [1.165, 1.54) is 97.8 Å². The second-order valence-electron chi connectivity index (χ2n) is 12.2. The Bertz CT molecular complexity index is 2070. The second-order valence-corrected chi connectivity index (χ2v) is 12.2. The summed E-state index contributed by atoms with van der Waals surface area (Å²) in [7, 11) is 0. The number of nitrogens with zero attached hydrogens (tertiary/aromatic N) is 1. The van der Waals surface area contributed by atoms with E-state index in [0.29, 0.717) is 5.92 Å². The molecule has 0 spiro atoms. The molecule has 1 heteroatoms. The molecule has 6 aromatic carbocycles. The average Bonchev–Trinajstić information content (AvgIpc) is 3.07. The molecular formula is C42H35N. The van der Waals surface area contributed by atoms with Crippen molar-refractivity contribution >= 4 is 32.3 Å². The van der Waals surface area contributed by atoms with Crippen LogP contribution in [0.3, 0.4) is 0 Å². The van der Waals surface area contributed by atoms with Gasteiger partial charge in [0, 0.05) is 11.8 Å². The Hall–Kier alpha value is -4.75. The van der Waals surface area contributed by atoms with E-state index >= 15 is 0 Å². The molecule has 0 radical (unpaired) electrons. The molecule has 1 aliphatic rings. The van der Waals surface area contributed by atoms with Crippen LogP contribution in [0.15, 0.2) is 128 Å². The number of aromatic nitrogens is 1. The minimum atomic E-state index is 0.665. The minimum Gasteiger partial charge on any atom is -0.256 e. The summed E-state index contributed by atoms with van der Waals surface area (Å²) in [5.41, 5.74) is 10.1. The molecule has 208 valence electrons. The quantitative estimate of drug-likeness (QED) is 0.198. The van der Waals surface area contributed by atoms with Crippen LogP contribution in [0, 0.1) is 6.92 Å². The summed E-state index contributed by atoms with van der Waals surface area (Å²) in [5, 5.41) is 7.94. The molecule has 1 aliphatic carbocycles. The zero-order valence-electron chi connectivity index (χ0n) is 24.7. The third kappa shape index (κ3) is 4.51. The number of pyridine rings is 1. The van der Waals surface area contributed by atoms with Crippen molar-refractivity contribution in [2.24, 2.45) is 0 Å². The Labute approximate surface area is 253 Å². The summed E-state index contributed by atoms with van der Waals surface area (Å²) < 4.78 is 0. The van der Waals surface area contributed by atoms with Crippen LogP contribution in [0.2, 0.25) is 0 Å². The highest BCUT2D eigenvalue weighted by Gasteiger charge is 2.21. The van der Waals surface area contributed by atoms with Gasteiger partial charge in [0.2, 0.25) is 0 Å². The Kier molecular flexibility index (Phi) is 6.52. The maximum Gasteiger partial charge on any atom is 0.0704 e. The first-order chi connectivity index (χ1) is 21.3. The smallest absolute Gasteiger partial charge is 0.0704 e. The molecule has 0 aliphatic heterocycles. The average molecular weight is 554 g/mol. The molecular weight excluding hydrogens is 518 g/mol. The van der Waals surface area contributed by atoms with E-state index in [2.05, 4.69) is 128 Å². The molecule has 0 atom stereocenters.